The maximum atomic E-state index is 13.8. The lowest BCUT2D eigenvalue weighted by Gasteiger charge is -2.15. The predicted octanol–water partition coefficient (Wildman–Crippen LogP) is 3.64. The van der Waals surface area contributed by atoms with Gasteiger partial charge < -0.3 is 10.6 Å². The zero-order chi connectivity index (χ0) is 17.2. The fraction of sp³-hybridized carbons (Fsp3) is 0.474. The lowest BCUT2D eigenvalue weighted by Crippen LogP contribution is -2.37. The highest BCUT2D eigenvalue weighted by molar-refractivity contribution is 5.79. The molecule has 1 aliphatic carbocycles. The number of nitriles is 1. The highest BCUT2D eigenvalue weighted by Gasteiger charge is 2.06. The third-order valence-corrected chi connectivity index (χ3v) is 4.05. The minimum Gasteiger partial charge on any atom is -0.357 e. The molecule has 0 atom stereocenters. The molecule has 24 heavy (non-hydrogen) atoms. The van der Waals surface area contributed by atoms with E-state index in [1.165, 1.54) is 43.4 Å². The summed E-state index contributed by atoms with van der Waals surface area (Å²) in [6.07, 6.45) is 8.34. The van der Waals surface area contributed by atoms with E-state index in [1.807, 2.05) is 13.0 Å². The van der Waals surface area contributed by atoms with Crippen molar-refractivity contribution in [2.45, 2.75) is 45.6 Å². The maximum absolute atomic E-state index is 13.8. The van der Waals surface area contributed by atoms with E-state index in [1.54, 1.807) is 6.07 Å². The molecule has 0 saturated heterocycles. The first-order valence-corrected chi connectivity index (χ1v) is 8.61. The first-order valence-electron chi connectivity index (χ1n) is 8.61. The molecule has 1 aromatic carbocycles. The normalized spacial score (nSPS) is 14.7. The number of hydrogen-bond acceptors (Lipinski definition) is 2. The van der Waals surface area contributed by atoms with Gasteiger partial charge in [0.25, 0.3) is 0 Å². The summed E-state index contributed by atoms with van der Waals surface area (Å²) in [6.45, 7) is 3.77. The van der Waals surface area contributed by atoms with Crippen LogP contribution in [-0.4, -0.2) is 19.0 Å². The lowest BCUT2D eigenvalue weighted by molar-refractivity contribution is 0.610. The van der Waals surface area contributed by atoms with Gasteiger partial charge in [0.2, 0.25) is 0 Å². The van der Waals surface area contributed by atoms with Crippen LogP contribution < -0.4 is 10.6 Å². The van der Waals surface area contributed by atoms with E-state index < -0.39 is 0 Å². The SMILES string of the molecule is CCNC(=NCc1cc(C#N)ccc1F)NCCC1=CCCCC1. The quantitative estimate of drug-likeness (QED) is 0.476. The Hall–Kier alpha value is -2.35. The van der Waals surface area contributed by atoms with Crippen LogP contribution in [0.2, 0.25) is 0 Å². The van der Waals surface area contributed by atoms with E-state index >= 15 is 0 Å². The smallest absolute Gasteiger partial charge is 0.191 e. The third-order valence-electron chi connectivity index (χ3n) is 4.05. The summed E-state index contributed by atoms with van der Waals surface area (Å²) in [5.41, 5.74) is 2.39. The average molecular weight is 328 g/mol. The Bertz CT molecular complexity index is 643. The van der Waals surface area contributed by atoms with Gasteiger partial charge in [-0.25, -0.2) is 9.38 Å². The van der Waals surface area contributed by atoms with E-state index in [0.717, 1.165) is 19.5 Å². The molecule has 5 heteroatoms. The number of nitrogens with zero attached hydrogens (tertiary/aromatic N) is 2. The van der Waals surface area contributed by atoms with E-state index in [-0.39, 0.29) is 12.4 Å². The van der Waals surface area contributed by atoms with E-state index in [9.17, 15) is 4.39 Å². The van der Waals surface area contributed by atoms with Gasteiger partial charge in [0.1, 0.15) is 5.82 Å². The van der Waals surface area contributed by atoms with Crippen LogP contribution in [0, 0.1) is 17.1 Å². The lowest BCUT2D eigenvalue weighted by atomic mass is 9.97. The molecule has 0 saturated carbocycles. The van der Waals surface area contributed by atoms with Crippen molar-refractivity contribution in [3.8, 4) is 6.07 Å². The van der Waals surface area contributed by atoms with Crippen molar-refractivity contribution in [3.63, 3.8) is 0 Å². The van der Waals surface area contributed by atoms with Gasteiger partial charge in [-0.1, -0.05) is 11.6 Å². The molecule has 2 N–H and O–H groups in total. The molecule has 0 aliphatic heterocycles. The Kier molecular flexibility index (Phi) is 7.28. The second-order valence-corrected chi connectivity index (χ2v) is 5.90. The standard InChI is InChI=1S/C19H25FN4/c1-2-22-19(23-11-10-15-6-4-3-5-7-15)24-14-17-12-16(13-21)8-9-18(17)20/h6,8-9,12H,2-5,7,10-11,14H2,1H3,(H2,22,23,24). The second-order valence-electron chi connectivity index (χ2n) is 5.90. The number of aliphatic imine (C=N–C) groups is 1. The number of guanidine groups is 1. The summed E-state index contributed by atoms with van der Waals surface area (Å²) >= 11 is 0. The van der Waals surface area contributed by atoms with Crippen LogP contribution in [0.4, 0.5) is 4.39 Å². The molecule has 1 aromatic rings. The van der Waals surface area contributed by atoms with Gasteiger partial charge in [0.15, 0.2) is 5.96 Å². The molecular formula is C19H25FN4. The van der Waals surface area contributed by atoms with Gasteiger partial charge >= 0.3 is 0 Å². The minimum atomic E-state index is -0.332. The van der Waals surface area contributed by atoms with Gasteiger partial charge in [-0.3, -0.25) is 0 Å². The van der Waals surface area contributed by atoms with Crippen molar-refractivity contribution >= 4 is 5.96 Å². The van der Waals surface area contributed by atoms with Crippen molar-refractivity contribution < 1.29 is 4.39 Å². The number of hydrogen-bond donors (Lipinski definition) is 2. The van der Waals surface area contributed by atoms with E-state index in [0.29, 0.717) is 17.1 Å². The molecule has 0 bridgehead atoms. The summed E-state index contributed by atoms with van der Waals surface area (Å²) in [5.74, 6) is 0.344. The molecule has 0 fully saturated rings. The fourth-order valence-corrected chi connectivity index (χ4v) is 2.74. The summed E-state index contributed by atoms with van der Waals surface area (Å²) in [6, 6.07) is 6.37. The van der Waals surface area contributed by atoms with Crippen LogP contribution in [0.25, 0.3) is 0 Å². The predicted molar refractivity (Wildman–Crippen MR) is 95.1 cm³/mol. The van der Waals surface area contributed by atoms with Crippen molar-refractivity contribution in [1.82, 2.24) is 10.6 Å². The summed E-state index contributed by atoms with van der Waals surface area (Å²) in [7, 11) is 0. The van der Waals surface area contributed by atoms with Gasteiger partial charge in [-0.05, 0) is 57.2 Å². The van der Waals surface area contributed by atoms with Crippen molar-refractivity contribution in [2.24, 2.45) is 4.99 Å². The number of rotatable bonds is 6. The minimum absolute atomic E-state index is 0.208. The van der Waals surface area contributed by atoms with Crippen molar-refractivity contribution in [2.75, 3.05) is 13.1 Å². The third kappa shape index (κ3) is 5.69. The Morgan fingerprint density at radius 2 is 2.21 bits per heavy atom. The molecule has 4 nitrogen and oxygen atoms in total. The molecule has 0 aromatic heterocycles. The molecule has 0 amide bonds. The zero-order valence-corrected chi connectivity index (χ0v) is 14.2. The number of benzene rings is 1. The molecule has 128 valence electrons. The first-order chi connectivity index (χ1) is 11.7. The fourth-order valence-electron chi connectivity index (χ4n) is 2.74. The summed E-state index contributed by atoms with van der Waals surface area (Å²) in [4.78, 5) is 4.43. The molecule has 0 heterocycles. The van der Waals surface area contributed by atoms with Gasteiger partial charge in [-0.15, -0.1) is 0 Å². The molecule has 2 rings (SSSR count). The van der Waals surface area contributed by atoms with E-state index in [4.69, 9.17) is 5.26 Å². The zero-order valence-electron chi connectivity index (χ0n) is 14.2. The highest BCUT2D eigenvalue weighted by Crippen LogP contribution is 2.19. The molecule has 0 radical (unpaired) electrons. The van der Waals surface area contributed by atoms with Crippen molar-refractivity contribution in [1.29, 1.82) is 5.26 Å². The highest BCUT2D eigenvalue weighted by atomic mass is 19.1. The molecular weight excluding hydrogens is 303 g/mol. The number of halogens is 1. The molecule has 0 spiro atoms. The average Bonchev–Trinajstić information content (AvgIpc) is 2.61. The van der Waals surface area contributed by atoms with Gasteiger partial charge in [0.05, 0.1) is 18.2 Å². The van der Waals surface area contributed by atoms with E-state index in [2.05, 4.69) is 21.7 Å². The van der Waals surface area contributed by atoms with Crippen LogP contribution in [0.1, 0.15) is 50.2 Å². The second kappa shape index (κ2) is 9.71. The van der Waals surface area contributed by atoms with Crippen molar-refractivity contribution in [3.05, 3.63) is 46.8 Å². The van der Waals surface area contributed by atoms with Crippen LogP contribution in [0.3, 0.4) is 0 Å². The largest absolute Gasteiger partial charge is 0.357 e. The van der Waals surface area contributed by atoms with Crippen LogP contribution in [-0.2, 0) is 6.54 Å². The summed E-state index contributed by atoms with van der Waals surface area (Å²) < 4.78 is 13.8. The Labute approximate surface area is 143 Å². The Morgan fingerprint density at radius 3 is 2.92 bits per heavy atom. The first kappa shape index (κ1) is 18.0. The molecule has 1 aliphatic rings. The topological polar surface area (TPSA) is 60.2 Å². The maximum Gasteiger partial charge on any atom is 0.191 e. The van der Waals surface area contributed by atoms with Crippen LogP contribution >= 0.6 is 0 Å². The Balaban J connectivity index is 1.92. The van der Waals surface area contributed by atoms with Crippen LogP contribution in [0.15, 0.2) is 34.8 Å². The summed E-state index contributed by atoms with van der Waals surface area (Å²) in [5, 5.41) is 15.4. The molecule has 0 unspecified atom stereocenters. The number of allylic oxidation sites excluding steroid dienone is 1. The number of nitrogens with one attached hydrogen (secondary N) is 2. The Morgan fingerprint density at radius 1 is 1.33 bits per heavy atom. The monoisotopic (exact) mass is 328 g/mol. The van der Waals surface area contributed by atoms with Crippen LogP contribution in [0.5, 0.6) is 0 Å². The van der Waals surface area contributed by atoms with Gasteiger partial charge in [-0.2, -0.15) is 5.26 Å². The van der Waals surface area contributed by atoms with Gasteiger partial charge in [0, 0.05) is 18.7 Å².